The zero-order valence-corrected chi connectivity index (χ0v) is 18.9. The molecule has 2 aromatic carbocycles. The van der Waals surface area contributed by atoms with Gasteiger partial charge in [0, 0.05) is 28.7 Å². The Kier molecular flexibility index (Phi) is 5.92. The van der Waals surface area contributed by atoms with Crippen LogP contribution in [0.25, 0.3) is 0 Å². The highest BCUT2D eigenvalue weighted by atomic mass is 35.5. The maximum absolute atomic E-state index is 14.4. The second-order valence-electron chi connectivity index (χ2n) is 8.18. The van der Waals surface area contributed by atoms with E-state index in [1.54, 1.807) is 12.1 Å². The molecule has 170 valence electrons. The second-order valence-corrected chi connectivity index (χ2v) is 9.05. The number of alkyl halides is 3. The number of amidine groups is 1. The highest BCUT2D eigenvalue weighted by molar-refractivity contribution is 6.34. The summed E-state index contributed by atoms with van der Waals surface area (Å²) in [7, 11) is 0. The van der Waals surface area contributed by atoms with E-state index in [0.717, 1.165) is 24.0 Å². The molecule has 1 aliphatic heterocycles. The molecule has 2 aliphatic rings. The molecule has 1 amide bonds. The highest BCUT2D eigenvalue weighted by Crippen LogP contribution is 2.50. The molecule has 0 aromatic heterocycles. The summed E-state index contributed by atoms with van der Waals surface area (Å²) in [4.78, 5) is 19.1. The van der Waals surface area contributed by atoms with Crippen molar-refractivity contribution < 1.29 is 18.0 Å². The van der Waals surface area contributed by atoms with Gasteiger partial charge in [0.15, 0.2) is 5.41 Å². The lowest BCUT2D eigenvalue weighted by Crippen LogP contribution is -2.49. The van der Waals surface area contributed by atoms with Gasteiger partial charge in [0.05, 0.1) is 11.9 Å². The van der Waals surface area contributed by atoms with Crippen LogP contribution >= 0.6 is 23.2 Å². The van der Waals surface area contributed by atoms with Crippen LogP contribution in [0.4, 0.5) is 18.9 Å². The number of hydrogen-bond acceptors (Lipinski definition) is 2. The average molecular weight is 484 g/mol. The van der Waals surface area contributed by atoms with Gasteiger partial charge < -0.3 is 10.6 Å². The molecule has 4 rings (SSSR count). The maximum Gasteiger partial charge on any atom is 0.407 e. The van der Waals surface area contributed by atoms with Crippen molar-refractivity contribution in [3.05, 3.63) is 63.1 Å². The number of aryl methyl sites for hydroxylation is 1. The fourth-order valence-corrected chi connectivity index (χ4v) is 5.16. The predicted octanol–water partition coefficient (Wildman–Crippen LogP) is 5.98. The Hall–Kier alpha value is -2.25. The number of anilines is 1. The lowest BCUT2D eigenvalue weighted by Gasteiger charge is -2.31. The molecule has 0 spiro atoms. The third-order valence-electron chi connectivity index (χ3n) is 6.33. The summed E-state index contributed by atoms with van der Waals surface area (Å²) in [5, 5.41) is 0.107. The molecule has 9 heteroatoms. The molecule has 2 atom stereocenters. The molecule has 2 unspecified atom stereocenters. The average Bonchev–Trinajstić information content (AvgIpc) is 3.28. The SMILES string of the molecule is CCC(N)=NC1CCc2cc(N3CCC(c4cc(Cl)cc(Cl)c4)(C(F)(F)F)C3=O)ccc21. The van der Waals surface area contributed by atoms with E-state index in [1.165, 1.54) is 23.1 Å². The summed E-state index contributed by atoms with van der Waals surface area (Å²) in [5.74, 6) is -0.456. The van der Waals surface area contributed by atoms with Gasteiger partial charge in [-0.1, -0.05) is 36.2 Å². The Balaban J connectivity index is 1.71. The minimum Gasteiger partial charge on any atom is -0.387 e. The van der Waals surface area contributed by atoms with Gasteiger partial charge in [-0.2, -0.15) is 13.2 Å². The van der Waals surface area contributed by atoms with Crippen LogP contribution in [0, 0.1) is 0 Å². The molecule has 1 saturated heterocycles. The van der Waals surface area contributed by atoms with E-state index in [0.29, 0.717) is 17.9 Å². The van der Waals surface area contributed by atoms with Gasteiger partial charge in [-0.3, -0.25) is 9.79 Å². The van der Waals surface area contributed by atoms with Crippen LogP contribution in [-0.4, -0.2) is 24.5 Å². The van der Waals surface area contributed by atoms with Crippen LogP contribution in [0.3, 0.4) is 0 Å². The molecule has 0 radical (unpaired) electrons. The number of halogens is 5. The Morgan fingerprint density at radius 2 is 1.91 bits per heavy atom. The minimum atomic E-state index is -4.80. The number of carbonyl (C=O) groups is 1. The van der Waals surface area contributed by atoms with Crippen LogP contribution in [-0.2, 0) is 16.6 Å². The zero-order chi connectivity index (χ0) is 23.3. The summed E-state index contributed by atoms with van der Waals surface area (Å²) < 4.78 is 43.1. The summed E-state index contributed by atoms with van der Waals surface area (Å²) in [6, 6.07) is 8.95. The lowest BCUT2D eigenvalue weighted by molar-refractivity contribution is -0.190. The van der Waals surface area contributed by atoms with Crippen LogP contribution in [0.2, 0.25) is 10.0 Å². The minimum absolute atomic E-state index is 0.0536. The van der Waals surface area contributed by atoms with Crippen molar-refractivity contribution in [2.45, 2.75) is 50.2 Å². The predicted molar refractivity (Wildman–Crippen MR) is 121 cm³/mol. The van der Waals surface area contributed by atoms with E-state index in [1.807, 2.05) is 13.0 Å². The van der Waals surface area contributed by atoms with Crippen LogP contribution in [0.5, 0.6) is 0 Å². The first-order chi connectivity index (χ1) is 15.1. The molecular weight excluding hydrogens is 462 g/mol. The summed E-state index contributed by atoms with van der Waals surface area (Å²) in [5.41, 5.74) is 5.37. The second kappa shape index (κ2) is 8.27. The molecule has 1 heterocycles. The van der Waals surface area contributed by atoms with Crippen molar-refractivity contribution in [3.63, 3.8) is 0 Å². The number of nitrogens with two attached hydrogens (primary N) is 1. The van der Waals surface area contributed by atoms with E-state index in [2.05, 4.69) is 4.99 Å². The summed E-state index contributed by atoms with van der Waals surface area (Å²) >= 11 is 11.9. The quantitative estimate of drug-likeness (QED) is 0.429. The Labute approximate surface area is 194 Å². The number of rotatable bonds is 4. The van der Waals surface area contributed by atoms with Crippen LogP contribution in [0.1, 0.15) is 48.9 Å². The Morgan fingerprint density at radius 1 is 1.22 bits per heavy atom. The summed E-state index contributed by atoms with van der Waals surface area (Å²) in [6.45, 7) is 1.86. The van der Waals surface area contributed by atoms with E-state index in [9.17, 15) is 18.0 Å². The van der Waals surface area contributed by atoms with E-state index in [4.69, 9.17) is 28.9 Å². The number of fused-ring (bicyclic) bond motifs is 1. The molecular formula is C23H22Cl2F3N3O. The van der Waals surface area contributed by atoms with Crippen LogP contribution in [0.15, 0.2) is 41.4 Å². The normalized spacial score (nSPS) is 23.7. The molecule has 32 heavy (non-hydrogen) atoms. The van der Waals surface area contributed by atoms with Gasteiger partial charge in [-0.25, -0.2) is 0 Å². The highest BCUT2D eigenvalue weighted by Gasteiger charge is 2.65. The molecule has 1 fully saturated rings. The van der Waals surface area contributed by atoms with E-state index >= 15 is 0 Å². The molecule has 0 bridgehead atoms. The van der Waals surface area contributed by atoms with E-state index < -0.39 is 23.9 Å². The van der Waals surface area contributed by atoms with E-state index in [-0.39, 0.29) is 28.2 Å². The van der Waals surface area contributed by atoms with Crippen molar-refractivity contribution in [1.82, 2.24) is 0 Å². The van der Waals surface area contributed by atoms with Crippen molar-refractivity contribution in [2.24, 2.45) is 10.7 Å². The molecule has 2 N–H and O–H groups in total. The third-order valence-corrected chi connectivity index (χ3v) is 6.76. The fraction of sp³-hybridized carbons (Fsp3) is 0.391. The van der Waals surface area contributed by atoms with Gasteiger partial charge in [0.1, 0.15) is 0 Å². The van der Waals surface area contributed by atoms with Gasteiger partial charge in [0.25, 0.3) is 0 Å². The number of carbonyl (C=O) groups excluding carboxylic acids is 1. The molecule has 4 nitrogen and oxygen atoms in total. The Bertz CT molecular complexity index is 1080. The fourth-order valence-electron chi connectivity index (χ4n) is 4.63. The molecule has 1 aliphatic carbocycles. The molecule has 2 aromatic rings. The monoisotopic (exact) mass is 483 g/mol. The van der Waals surface area contributed by atoms with Crippen molar-refractivity contribution in [2.75, 3.05) is 11.4 Å². The van der Waals surface area contributed by atoms with Crippen molar-refractivity contribution >= 4 is 40.6 Å². The van der Waals surface area contributed by atoms with Gasteiger partial charge in [-0.15, -0.1) is 0 Å². The van der Waals surface area contributed by atoms with Gasteiger partial charge in [0.2, 0.25) is 5.91 Å². The topological polar surface area (TPSA) is 58.7 Å². The van der Waals surface area contributed by atoms with Gasteiger partial charge in [-0.05, 0) is 66.3 Å². The largest absolute Gasteiger partial charge is 0.407 e. The first kappa shape index (κ1) is 22.9. The smallest absolute Gasteiger partial charge is 0.387 e. The molecule has 0 saturated carbocycles. The van der Waals surface area contributed by atoms with Gasteiger partial charge >= 0.3 is 6.18 Å². The zero-order valence-electron chi connectivity index (χ0n) is 17.3. The van der Waals surface area contributed by atoms with Crippen molar-refractivity contribution in [3.8, 4) is 0 Å². The third kappa shape index (κ3) is 3.75. The van der Waals surface area contributed by atoms with Crippen molar-refractivity contribution in [1.29, 1.82) is 0 Å². The first-order valence-corrected chi connectivity index (χ1v) is 11.1. The number of nitrogens with zero attached hydrogens (tertiary/aromatic N) is 2. The summed E-state index contributed by atoms with van der Waals surface area (Å²) in [6.07, 6.45) is -3.06. The maximum atomic E-state index is 14.4. The number of hydrogen-bond donors (Lipinski definition) is 1. The van der Waals surface area contributed by atoms with Crippen LogP contribution < -0.4 is 10.6 Å². The lowest BCUT2D eigenvalue weighted by atomic mass is 9.78. The standard InChI is InChI=1S/C23H22Cl2F3N3O/c1-2-20(29)30-19-6-3-13-9-17(4-5-18(13)19)31-8-7-22(21(31)32,23(26,27)28)14-10-15(24)12-16(25)11-14/h4-5,9-12,19H,2-3,6-8H2,1H3,(H2,29,30). The number of aliphatic imine (C=N–C) groups is 1. The first-order valence-electron chi connectivity index (χ1n) is 10.4. The Morgan fingerprint density at radius 3 is 2.53 bits per heavy atom. The number of benzene rings is 2. The number of amides is 1.